The summed E-state index contributed by atoms with van der Waals surface area (Å²) in [7, 11) is 1.68. The van der Waals surface area contributed by atoms with Crippen molar-refractivity contribution >= 4 is 21.8 Å². The Morgan fingerprint density at radius 3 is 2.90 bits per heavy atom. The van der Waals surface area contributed by atoms with Crippen LogP contribution in [0.4, 0.5) is 0 Å². The van der Waals surface area contributed by atoms with Gasteiger partial charge in [0.1, 0.15) is 11.5 Å². The molecule has 108 valence electrons. The molecule has 1 aromatic carbocycles. The molecule has 1 amide bonds. The molecule has 1 atom stereocenters. The number of rotatable bonds is 2. The third kappa shape index (κ3) is 2.08. The number of methoxy groups -OCH3 is 1. The van der Waals surface area contributed by atoms with Crippen LogP contribution >= 0.6 is 15.9 Å². The van der Waals surface area contributed by atoms with Crippen molar-refractivity contribution in [1.29, 1.82) is 0 Å². The van der Waals surface area contributed by atoms with E-state index in [-0.39, 0.29) is 11.3 Å². The number of halogens is 1. The molecule has 0 spiro atoms. The summed E-state index contributed by atoms with van der Waals surface area (Å²) >= 11 is 3.60. The molecule has 1 unspecified atom stereocenters. The fourth-order valence-electron chi connectivity index (χ4n) is 3.00. The zero-order valence-electron chi connectivity index (χ0n) is 11.7. The molecular weight excluding hydrogens is 322 g/mol. The topological polar surface area (TPSA) is 47.6 Å². The summed E-state index contributed by atoms with van der Waals surface area (Å²) in [4.78, 5) is 11.4. The predicted octanol–water partition coefficient (Wildman–Crippen LogP) is 2.56. The molecule has 3 rings (SSSR count). The van der Waals surface area contributed by atoms with Crippen LogP contribution in [0.2, 0.25) is 0 Å². The summed E-state index contributed by atoms with van der Waals surface area (Å²) in [5, 5.41) is 2.97. The van der Waals surface area contributed by atoms with E-state index in [0.717, 1.165) is 34.4 Å². The van der Waals surface area contributed by atoms with Crippen LogP contribution in [0.1, 0.15) is 30.9 Å². The lowest BCUT2D eigenvalue weighted by Gasteiger charge is -2.35. The molecule has 0 aromatic heterocycles. The van der Waals surface area contributed by atoms with Crippen molar-refractivity contribution in [2.75, 3.05) is 20.3 Å². The highest BCUT2D eigenvalue weighted by molar-refractivity contribution is 9.10. The molecule has 2 aliphatic heterocycles. The number of hydrogen-bond donors (Lipinski definition) is 1. The lowest BCUT2D eigenvalue weighted by Crippen LogP contribution is -2.44. The van der Waals surface area contributed by atoms with Gasteiger partial charge >= 0.3 is 0 Å². The Morgan fingerprint density at radius 2 is 2.25 bits per heavy atom. The van der Waals surface area contributed by atoms with Gasteiger partial charge in [0.05, 0.1) is 18.2 Å². The van der Waals surface area contributed by atoms with E-state index in [9.17, 15) is 4.79 Å². The number of amides is 1. The van der Waals surface area contributed by atoms with Gasteiger partial charge < -0.3 is 14.8 Å². The van der Waals surface area contributed by atoms with Crippen molar-refractivity contribution in [2.45, 2.75) is 31.6 Å². The maximum absolute atomic E-state index is 11.4. The van der Waals surface area contributed by atoms with Gasteiger partial charge in [-0.2, -0.15) is 0 Å². The summed E-state index contributed by atoms with van der Waals surface area (Å²) in [5.41, 5.74) is 2.22. The third-order valence-corrected chi connectivity index (χ3v) is 5.19. The maximum atomic E-state index is 11.4. The minimum Gasteiger partial charge on any atom is -0.496 e. The number of piperidine rings is 1. The van der Waals surface area contributed by atoms with Crippen LogP contribution in [-0.4, -0.2) is 26.2 Å². The zero-order valence-corrected chi connectivity index (χ0v) is 13.3. The predicted molar refractivity (Wildman–Crippen MR) is 79.5 cm³/mol. The second-order valence-electron chi connectivity index (χ2n) is 5.68. The Hall–Kier alpha value is -1.23. The number of carbonyl (C=O) groups excluding carboxylic acids is 1. The monoisotopic (exact) mass is 339 g/mol. The molecule has 1 fully saturated rings. The van der Waals surface area contributed by atoms with Gasteiger partial charge in [-0.05, 0) is 28.4 Å². The van der Waals surface area contributed by atoms with Crippen LogP contribution in [0.15, 0.2) is 10.5 Å². The Kier molecular flexibility index (Phi) is 3.40. The van der Waals surface area contributed by atoms with Gasteiger partial charge in [0.25, 0.3) is 0 Å². The van der Waals surface area contributed by atoms with Crippen LogP contribution in [0.25, 0.3) is 0 Å². The summed E-state index contributed by atoms with van der Waals surface area (Å²) < 4.78 is 12.3. The lowest BCUT2D eigenvalue weighted by molar-refractivity contribution is -0.123. The van der Waals surface area contributed by atoms with Crippen molar-refractivity contribution in [3.63, 3.8) is 0 Å². The Balaban J connectivity index is 2.09. The van der Waals surface area contributed by atoms with Crippen LogP contribution in [-0.2, 0) is 16.6 Å². The summed E-state index contributed by atoms with van der Waals surface area (Å²) in [6.07, 6.45) is 2.28. The first-order chi connectivity index (χ1) is 9.55. The normalized spacial score (nSPS) is 24.9. The molecule has 2 aliphatic rings. The molecule has 0 radical (unpaired) electrons. The lowest BCUT2D eigenvalue weighted by atomic mass is 9.75. The average molecular weight is 340 g/mol. The Morgan fingerprint density at radius 1 is 1.45 bits per heavy atom. The smallest absolute Gasteiger partial charge is 0.220 e. The van der Waals surface area contributed by atoms with Crippen LogP contribution in [0, 0.1) is 0 Å². The molecule has 0 bridgehead atoms. The van der Waals surface area contributed by atoms with Gasteiger partial charge in [-0.25, -0.2) is 0 Å². The van der Waals surface area contributed by atoms with E-state index in [0.29, 0.717) is 19.6 Å². The Labute approximate surface area is 127 Å². The van der Waals surface area contributed by atoms with Crippen molar-refractivity contribution < 1.29 is 14.3 Å². The van der Waals surface area contributed by atoms with Crippen molar-refractivity contribution in [3.8, 4) is 11.5 Å². The molecule has 5 heteroatoms. The summed E-state index contributed by atoms with van der Waals surface area (Å²) in [6.45, 7) is 3.53. The fourth-order valence-corrected chi connectivity index (χ4v) is 3.66. The van der Waals surface area contributed by atoms with Crippen LogP contribution < -0.4 is 14.8 Å². The number of carbonyl (C=O) groups is 1. The van der Waals surface area contributed by atoms with Crippen molar-refractivity contribution in [2.24, 2.45) is 0 Å². The van der Waals surface area contributed by atoms with Crippen LogP contribution in [0.5, 0.6) is 11.5 Å². The zero-order chi connectivity index (χ0) is 14.3. The largest absolute Gasteiger partial charge is 0.496 e. The number of hydrogen-bond acceptors (Lipinski definition) is 3. The minimum absolute atomic E-state index is 0.101. The van der Waals surface area contributed by atoms with E-state index in [4.69, 9.17) is 9.47 Å². The molecule has 1 saturated heterocycles. The van der Waals surface area contributed by atoms with Crippen molar-refractivity contribution in [3.05, 3.63) is 21.7 Å². The minimum atomic E-state index is -0.101. The van der Waals surface area contributed by atoms with Gasteiger partial charge in [0, 0.05) is 35.9 Å². The summed E-state index contributed by atoms with van der Waals surface area (Å²) in [6, 6.07) is 2.05. The molecule has 1 N–H and O–H groups in total. The van der Waals surface area contributed by atoms with Crippen LogP contribution in [0.3, 0.4) is 0 Å². The number of ether oxygens (including phenoxy) is 2. The molecule has 0 saturated carbocycles. The van der Waals surface area contributed by atoms with Gasteiger partial charge in [-0.1, -0.05) is 6.92 Å². The highest BCUT2D eigenvalue weighted by Crippen LogP contribution is 2.47. The van der Waals surface area contributed by atoms with Gasteiger partial charge in [-0.15, -0.1) is 0 Å². The average Bonchev–Trinajstić information content (AvgIpc) is 2.92. The summed E-state index contributed by atoms with van der Waals surface area (Å²) in [5.74, 6) is 1.93. The Bertz CT molecular complexity index is 561. The van der Waals surface area contributed by atoms with E-state index >= 15 is 0 Å². The van der Waals surface area contributed by atoms with E-state index in [1.165, 1.54) is 5.56 Å². The van der Waals surface area contributed by atoms with Crippen molar-refractivity contribution in [1.82, 2.24) is 5.32 Å². The first-order valence-corrected chi connectivity index (χ1v) is 7.64. The first kappa shape index (κ1) is 13.7. The number of benzene rings is 1. The van der Waals surface area contributed by atoms with Gasteiger partial charge in [0.2, 0.25) is 5.91 Å². The molecular formula is C15H18BrNO3. The highest BCUT2D eigenvalue weighted by atomic mass is 79.9. The molecule has 2 heterocycles. The van der Waals surface area contributed by atoms with E-state index in [1.807, 2.05) is 6.07 Å². The maximum Gasteiger partial charge on any atom is 0.220 e. The quantitative estimate of drug-likeness (QED) is 0.900. The second kappa shape index (κ2) is 4.95. The van der Waals surface area contributed by atoms with Gasteiger partial charge in [0.15, 0.2) is 0 Å². The second-order valence-corrected chi connectivity index (χ2v) is 6.48. The molecule has 0 aliphatic carbocycles. The molecule has 20 heavy (non-hydrogen) atoms. The molecule has 4 nitrogen and oxygen atoms in total. The number of nitrogens with one attached hydrogen (secondary N) is 1. The fraction of sp³-hybridized carbons (Fsp3) is 0.533. The molecule has 1 aromatic rings. The van der Waals surface area contributed by atoms with E-state index in [1.54, 1.807) is 7.11 Å². The SMILES string of the molecule is COc1cc(C2(C)CCC(=O)NC2)c2c(c1Br)CCO2. The first-order valence-electron chi connectivity index (χ1n) is 6.84. The number of fused-ring (bicyclic) bond motifs is 1. The van der Waals surface area contributed by atoms with E-state index < -0.39 is 0 Å². The highest BCUT2D eigenvalue weighted by Gasteiger charge is 2.37. The standard InChI is InChI=1S/C15H18BrNO3/c1-15(5-3-12(18)17-8-15)10-7-11(19-2)13(16)9-4-6-20-14(9)10/h7H,3-6,8H2,1-2H3,(H,17,18). The van der Waals surface area contributed by atoms with E-state index in [2.05, 4.69) is 28.2 Å². The van der Waals surface area contributed by atoms with Gasteiger partial charge in [-0.3, -0.25) is 4.79 Å². The third-order valence-electron chi connectivity index (χ3n) is 4.32.